The van der Waals surface area contributed by atoms with E-state index in [4.69, 9.17) is 0 Å². The van der Waals surface area contributed by atoms with Gasteiger partial charge < -0.3 is 20.9 Å². The van der Waals surface area contributed by atoms with E-state index in [1.165, 1.54) is 12.1 Å². The SMILES string of the molecule is Cc1c(-c2ccccc2)nc(-c2ccc(O)c(O)c2)n1O.O. The monoisotopic (exact) mass is 300 g/mol. The Labute approximate surface area is 126 Å². The molecule has 0 aliphatic heterocycles. The fraction of sp³-hybridized carbons (Fsp3) is 0.0625. The van der Waals surface area contributed by atoms with Gasteiger partial charge in [-0.3, -0.25) is 0 Å². The van der Waals surface area contributed by atoms with Crippen LogP contribution in [0.4, 0.5) is 0 Å². The second-order valence-electron chi connectivity index (χ2n) is 4.75. The summed E-state index contributed by atoms with van der Waals surface area (Å²) in [6.07, 6.45) is 0. The molecule has 2 aromatic carbocycles. The summed E-state index contributed by atoms with van der Waals surface area (Å²) < 4.78 is 0.980. The van der Waals surface area contributed by atoms with Crippen LogP contribution in [-0.2, 0) is 0 Å². The molecule has 0 aliphatic carbocycles. The normalized spacial score (nSPS) is 10.2. The van der Waals surface area contributed by atoms with E-state index in [9.17, 15) is 15.4 Å². The van der Waals surface area contributed by atoms with Crippen LogP contribution >= 0.6 is 0 Å². The van der Waals surface area contributed by atoms with E-state index >= 15 is 0 Å². The quantitative estimate of drug-likeness (QED) is 0.498. The lowest BCUT2D eigenvalue weighted by molar-refractivity contribution is 0.185. The van der Waals surface area contributed by atoms with Crippen molar-refractivity contribution in [3.8, 4) is 34.1 Å². The van der Waals surface area contributed by atoms with Crippen LogP contribution in [0.25, 0.3) is 22.6 Å². The summed E-state index contributed by atoms with van der Waals surface area (Å²) in [5.74, 6) is -0.161. The summed E-state index contributed by atoms with van der Waals surface area (Å²) in [5.41, 5.74) is 2.68. The lowest BCUT2D eigenvalue weighted by atomic mass is 10.1. The van der Waals surface area contributed by atoms with Gasteiger partial charge >= 0.3 is 0 Å². The Morgan fingerprint density at radius 3 is 2.23 bits per heavy atom. The molecule has 3 aromatic rings. The molecular weight excluding hydrogens is 284 g/mol. The van der Waals surface area contributed by atoms with Crippen molar-refractivity contribution >= 4 is 0 Å². The summed E-state index contributed by atoms with van der Waals surface area (Å²) in [7, 11) is 0. The number of phenolic OH excluding ortho intramolecular Hbond substituents is 2. The molecule has 0 spiro atoms. The molecule has 0 atom stereocenters. The van der Waals surface area contributed by atoms with Crippen LogP contribution in [0.1, 0.15) is 5.69 Å². The molecule has 0 saturated carbocycles. The Morgan fingerprint density at radius 2 is 1.59 bits per heavy atom. The van der Waals surface area contributed by atoms with E-state index in [0.717, 1.165) is 10.3 Å². The fourth-order valence-electron chi connectivity index (χ4n) is 2.21. The van der Waals surface area contributed by atoms with Gasteiger partial charge in [-0.2, -0.15) is 4.73 Å². The van der Waals surface area contributed by atoms with Crippen LogP contribution in [0.15, 0.2) is 48.5 Å². The zero-order valence-electron chi connectivity index (χ0n) is 11.9. The van der Waals surface area contributed by atoms with Crippen molar-refractivity contribution < 1.29 is 20.9 Å². The highest BCUT2D eigenvalue weighted by molar-refractivity contribution is 5.69. The Morgan fingerprint density at radius 1 is 0.909 bits per heavy atom. The van der Waals surface area contributed by atoms with Crippen LogP contribution in [-0.4, -0.2) is 30.6 Å². The van der Waals surface area contributed by atoms with Crippen LogP contribution in [0, 0.1) is 6.92 Å². The molecule has 1 aromatic heterocycles. The van der Waals surface area contributed by atoms with Crippen LogP contribution in [0.5, 0.6) is 11.5 Å². The second-order valence-corrected chi connectivity index (χ2v) is 4.75. The maximum Gasteiger partial charge on any atom is 0.176 e. The van der Waals surface area contributed by atoms with E-state index in [2.05, 4.69) is 4.98 Å². The van der Waals surface area contributed by atoms with Gasteiger partial charge in [0.15, 0.2) is 17.3 Å². The first-order chi connectivity index (χ1) is 10.1. The molecular formula is C16H16N2O4. The number of nitrogens with zero attached hydrogens (tertiary/aromatic N) is 2. The predicted molar refractivity (Wildman–Crippen MR) is 82.0 cm³/mol. The molecule has 1 heterocycles. The highest BCUT2D eigenvalue weighted by Crippen LogP contribution is 2.32. The maximum atomic E-state index is 10.2. The van der Waals surface area contributed by atoms with Gasteiger partial charge in [0.25, 0.3) is 0 Å². The molecule has 3 rings (SSSR count). The molecule has 0 amide bonds. The van der Waals surface area contributed by atoms with Crippen molar-refractivity contribution in [1.29, 1.82) is 0 Å². The zero-order valence-corrected chi connectivity index (χ0v) is 11.9. The third-order valence-corrected chi connectivity index (χ3v) is 3.36. The number of aromatic hydroxyl groups is 2. The Hall–Kier alpha value is -2.99. The molecule has 0 radical (unpaired) electrons. The van der Waals surface area contributed by atoms with Gasteiger partial charge in [0, 0.05) is 11.1 Å². The van der Waals surface area contributed by atoms with Crippen molar-refractivity contribution in [2.75, 3.05) is 0 Å². The number of rotatable bonds is 2. The summed E-state index contributed by atoms with van der Waals surface area (Å²) in [5, 5.41) is 29.1. The van der Waals surface area contributed by atoms with Gasteiger partial charge in [0.05, 0.1) is 11.4 Å². The third-order valence-electron chi connectivity index (χ3n) is 3.36. The van der Waals surface area contributed by atoms with Gasteiger partial charge in [-0.15, -0.1) is 0 Å². The van der Waals surface area contributed by atoms with E-state index in [1.807, 2.05) is 30.3 Å². The van der Waals surface area contributed by atoms with Gasteiger partial charge in [0.1, 0.15) is 0 Å². The minimum atomic E-state index is -0.255. The molecule has 5 N–H and O–H groups in total. The highest BCUT2D eigenvalue weighted by Gasteiger charge is 2.17. The number of phenols is 2. The molecule has 0 fully saturated rings. The number of aromatic nitrogens is 2. The van der Waals surface area contributed by atoms with Crippen molar-refractivity contribution in [1.82, 2.24) is 9.71 Å². The molecule has 6 nitrogen and oxygen atoms in total. The smallest absolute Gasteiger partial charge is 0.176 e. The van der Waals surface area contributed by atoms with E-state index in [1.54, 1.807) is 13.0 Å². The fourth-order valence-corrected chi connectivity index (χ4v) is 2.21. The average molecular weight is 300 g/mol. The molecule has 114 valence electrons. The minimum absolute atomic E-state index is 0. The van der Waals surface area contributed by atoms with Gasteiger partial charge in [-0.1, -0.05) is 30.3 Å². The first-order valence-electron chi connectivity index (χ1n) is 6.44. The van der Waals surface area contributed by atoms with Gasteiger partial charge in [0.2, 0.25) is 0 Å². The first kappa shape index (κ1) is 15.4. The van der Waals surface area contributed by atoms with Crippen LogP contribution in [0.2, 0.25) is 0 Å². The van der Waals surface area contributed by atoms with Gasteiger partial charge in [-0.25, -0.2) is 4.98 Å². The Kier molecular flexibility index (Phi) is 4.05. The summed E-state index contributed by atoms with van der Waals surface area (Å²) in [6.45, 7) is 1.76. The molecule has 0 unspecified atom stereocenters. The summed E-state index contributed by atoms with van der Waals surface area (Å²) in [4.78, 5) is 4.44. The zero-order chi connectivity index (χ0) is 15.0. The number of hydrogen-bond donors (Lipinski definition) is 3. The Balaban J connectivity index is 0.00000176. The van der Waals surface area contributed by atoms with Crippen LogP contribution < -0.4 is 0 Å². The van der Waals surface area contributed by atoms with E-state index in [0.29, 0.717) is 22.8 Å². The van der Waals surface area contributed by atoms with E-state index < -0.39 is 0 Å². The van der Waals surface area contributed by atoms with Crippen LogP contribution in [0.3, 0.4) is 0 Å². The summed E-state index contributed by atoms with van der Waals surface area (Å²) in [6, 6.07) is 13.8. The van der Waals surface area contributed by atoms with Crippen molar-refractivity contribution in [3.05, 3.63) is 54.2 Å². The highest BCUT2D eigenvalue weighted by atomic mass is 16.5. The number of benzene rings is 2. The third kappa shape index (κ3) is 2.47. The summed E-state index contributed by atoms with van der Waals surface area (Å²) >= 11 is 0. The molecule has 0 aliphatic rings. The van der Waals surface area contributed by atoms with Gasteiger partial charge in [-0.05, 0) is 25.1 Å². The molecule has 22 heavy (non-hydrogen) atoms. The standard InChI is InChI=1S/C16H14N2O3.H2O/c1-10-15(11-5-3-2-4-6-11)17-16(18(10)21)12-7-8-13(19)14(20)9-12;/h2-9,19-21H,1H3;1H2. The minimum Gasteiger partial charge on any atom is -0.504 e. The predicted octanol–water partition coefficient (Wildman–Crippen LogP) is 2.35. The molecule has 6 heteroatoms. The van der Waals surface area contributed by atoms with Crippen molar-refractivity contribution in [3.63, 3.8) is 0 Å². The number of imidazole rings is 1. The number of hydrogen-bond acceptors (Lipinski definition) is 4. The lowest BCUT2D eigenvalue weighted by Gasteiger charge is -2.03. The Bertz CT molecular complexity index is 797. The average Bonchev–Trinajstić information content (AvgIpc) is 2.79. The van der Waals surface area contributed by atoms with Crippen molar-refractivity contribution in [2.45, 2.75) is 6.92 Å². The van der Waals surface area contributed by atoms with E-state index in [-0.39, 0.29) is 17.0 Å². The first-order valence-corrected chi connectivity index (χ1v) is 6.44. The molecule has 0 bridgehead atoms. The maximum absolute atomic E-state index is 10.2. The lowest BCUT2D eigenvalue weighted by Crippen LogP contribution is -1.96. The molecule has 0 saturated heterocycles. The van der Waals surface area contributed by atoms with Crippen molar-refractivity contribution in [2.24, 2.45) is 0 Å². The second kappa shape index (κ2) is 5.79. The topological polar surface area (TPSA) is 110 Å². The largest absolute Gasteiger partial charge is 0.504 e.